The molecule has 2 aromatic rings. The van der Waals surface area contributed by atoms with Crippen LogP contribution in [0.1, 0.15) is 30.9 Å². The van der Waals surface area contributed by atoms with Gasteiger partial charge in [0.15, 0.2) is 5.65 Å². The van der Waals surface area contributed by atoms with Crippen molar-refractivity contribution in [3.05, 3.63) is 18.1 Å². The number of hydrogen-bond donors (Lipinski definition) is 0. The van der Waals surface area contributed by atoms with E-state index in [4.69, 9.17) is 9.84 Å². The number of nitrogens with zero attached hydrogens (tertiary/aromatic N) is 5. The van der Waals surface area contributed by atoms with Crippen molar-refractivity contribution in [1.82, 2.24) is 24.6 Å². The number of aromatic nitrogens is 4. The Morgan fingerprint density at radius 2 is 2.18 bits per heavy atom. The van der Waals surface area contributed by atoms with Gasteiger partial charge < -0.3 is 9.64 Å². The molecule has 22 heavy (non-hydrogen) atoms. The first-order chi connectivity index (χ1) is 10.8. The van der Waals surface area contributed by atoms with Crippen LogP contribution >= 0.6 is 0 Å². The Morgan fingerprint density at radius 1 is 1.27 bits per heavy atom. The van der Waals surface area contributed by atoms with Crippen molar-refractivity contribution < 1.29 is 4.74 Å². The summed E-state index contributed by atoms with van der Waals surface area (Å²) in [6.45, 7) is 5.30. The fourth-order valence-corrected chi connectivity index (χ4v) is 3.82. The lowest BCUT2D eigenvalue weighted by molar-refractivity contribution is 0.149. The Bertz CT molecular complexity index is 649. The number of likely N-dealkylation sites (tertiary alicyclic amines) is 1. The molecule has 0 unspecified atom stereocenters. The molecule has 0 amide bonds. The maximum atomic E-state index is 5.51. The summed E-state index contributed by atoms with van der Waals surface area (Å²) in [4.78, 5) is 11.5. The lowest BCUT2D eigenvalue weighted by Crippen LogP contribution is -2.38. The highest BCUT2D eigenvalue weighted by atomic mass is 16.5. The van der Waals surface area contributed by atoms with Gasteiger partial charge in [-0.1, -0.05) is 0 Å². The van der Waals surface area contributed by atoms with Gasteiger partial charge in [0.05, 0.1) is 12.3 Å². The Kier molecular flexibility index (Phi) is 3.80. The Morgan fingerprint density at radius 3 is 3.05 bits per heavy atom. The van der Waals surface area contributed by atoms with Gasteiger partial charge in [-0.2, -0.15) is 5.10 Å². The molecule has 0 radical (unpaired) electrons. The zero-order valence-electron chi connectivity index (χ0n) is 13.1. The highest BCUT2D eigenvalue weighted by Gasteiger charge is 2.28. The fourth-order valence-electron chi connectivity index (χ4n) is 3.82. The van der Waals surface area contributed by atoms with Crippen LogP contribution in [-0.4, -0.2) is 57.5 Å². The molecule has 2 fully saturated rings. The van der Waals surface area contributed by atoms with Crippen LogP contribution < -0.4 is 0 Å². The number of fused-ring (bicyclic) bond motifs is 1. The van der Waals surface area contributed by atoms with Crippen LogP contribution in [0, 0.1) is 5.92 Å². The zero-order valence-corrected chi connectivity index (χ0v) is 13.1. The first-order valence-electron chi connectivity index (χ1n) is 8.25. The van der Waals surface area contributed by atoms with E-state index >= 15 is 0 Å². The van der Waals surface area contributed by atoms with Crippen LogP contribution in [0.3, 0.4) is 0 Å². The van der Waals surface area contributed by atoms with Crippen LogP contribution in [0.15, 0.2) is 12.4 Å². The van der Waals surface area contributed by atoms with Gasteiger partial charge in [0.2, 0.25) is 0 Å². The van der Waals surface area contributed by atoms with Crippen molar-refractivity contribution in [2.24, 2.45) is 13.0 Å². The molecule has 2 aliphatic heterocycles. The smallest absolute Gasteiger partial charge is 0.176 e. The first kappa shape index (κ1) is 14.1. The summed E-state index contributed by atoms with van der Waals surface area (Å²) in [5.41, 5.74) is 2.98. The number of aryl methyl sites for hydroxylation is 1. The Hall–Kier alpha value is -1.53. The van der Waals surface area contributed by atoms with E-state index in [9.17, 15) is 0 Å². The maximum absolute atomic E-state index is 5.51. The van der Waals surface area contributed by atoms with Crippen molar-refractivity contribution >= 4 is 11.2 Å². The second kappa shape index (κ2) is 5.93. The molecule has 0 N–H and O–H groups in total. The molecule has 2 saturated heterocycles. The second-order valence-corrected chi connectivity index (χ2v) is 6.57. The van der Waals surface area contributed by atoms with Crippen LogP contribution in [0.5, 0.6) is 0 Å². The second-order valence-electron chi connectivity index (χ2n) is 6.57. The molecule has 6 heteroatoms. The monoisotopic (exact) mass is 301 g/mol. The zero-order chi connectivity index (χ0) is 14.9. The van der Waals surface area contributed by atoms with Gasteiger partial charge in [-0.25, -0.2) is 14.6 Å². The summed E-state index contributed by atoms with van der Waals surface area (Å²) in [6, 6.07) is 0. The van der Waals surface area contributed by atoms with Crippen LogP contribution in [0.4, 0.5) is 0 Å². The van der Waals surface area contributed by atoms with Gasteiger partial charge in [-0.05, 0) is 31.7 Å². The Labute approximate surface area is 130 Å². The molecule has 2 atom stereocenters. The van der Waals surface area contributed by atoms with E-state index in [1.165, 1.54) is 25.8 Å². The first-order valence-corrected chi connectivity index (χ1v) is 8.25. The third-order valence-corrected chi connectivity index (χ3v) is 4.92. The molecular weight excluding hydrogens is 278 g/mol. The maximum Gasteiger partial charge on any atom is 0.176 e. The lowest BCUT2D eigenvalue weighted by Gasteiger charge is -2.33. The van der Waals surface area contributed by atoms with Gasteiger partial charge in [0.1, 0.15) is 5.52 Å². The molecule has 6 nitrogen and oxygen atoms in total. The standard InChI is InChI=1S/C16H23N5O/c1-20-16-15(17-5-6-18-16)14(19-20)13-3-2-7-21(10-13)9-12-4-8-22-11-12/h5-6,12-13H,2-4,7-11H2,1H3/t12-,13+/m0/s1. The summed E-state index contributed by atoms with van der Waals surface area (Å²) >= 11 is 0. The third kappa shape index (κ3) is 2.61. The van der Waals surface area contributed by atoms with E-state index in [2.05, 4.69) is 14.9 Å². The van der Waals surface area contributed by atoms with Gasteiger partial charge in [0, 0.05) is 45.1 Å². The van der Waals surface area contributed by atoms with E-state index in [1.54, 1.807) is 12.4 Å². The molecule has 0 aliphatic carbocycles. The number of hydrogen-bond acceptors (Lipinski definition) is 5. The molecule has 2 aliphatic rings. The summed E-state index contributed by atoms with van der Waals surface area (Å²) in [5.74, 6) is 1.18. The Balaban J connectivity index is 1.53. The summed E-state index contributed by atoms with van der Waals surface area (Å²) in [6.07, 6.45) is 7.14. The topological polar surface area (TPSA) is 56.1 Å². The molecule has 2 aromatic heterocycles. The lowest BCUT2D eigenvalue weighted by atomic mass is 9.93. The van der Waals surface area contributed by atoms with Gasteiger partial charge in [0.25, 0.3) is 0 Å². The molecule has 4 heterocycles. The highest BCUT2D eigenvalue weighted by molar-refractivity contribution is 5.73. The summed E-state index contributed by atoms with van der Waals surface area (Å²) in [7, 11) is 1.96. The molecule has 0 aromatic carbocycles. The summed E-state index contributed by atoms with van der Waals surface area (Å²) in [5, 5.41) is 4.72. The largest absolute Gasteiger partial charge is 0.381 e. The average Bonchev–Trinajstić information content (AvgIpc) is 3.16. The van der Waals surface area contributed by atoms with E-state index < -0.39 is 0 Å². The normalized spacial score (nSPS) is 26.8. The predicted octanol–water partition coefficient (Wildman–Crippen LogP) is 1.58. The van der Waals surface area contributed by atoms with Crippen LogP contribution in [0.25, 0.3) is 11.2 Å². The number of ether oxygens (including phenoxy) is 1. The SMILES string of the molecule is Cn1nc([C@@H]2CCCN(C[C@@H]3CCOC3)C2)c2nccnc21. The molecule has 0 bridgehead atoms. The van der Waals surface area contributed by atoms with Crippen molar-refractivity contribution in [3.63, 3.8) is 0 Å². The van der Waals surface area contributed by atoms with Crippen molar-refractivity contribution in [1.29, 1.82) is 0 Å². The van der Waals surface area contributed by atoms with Crippen LogP contribution in [-0.2, 0) is 11.8 Å². The van der Waals surface area contributed by atoms with Gasteiger partial charge in [-0.3, -0.25) is 0 Å². The van der Waals surface area contributed by atoms with E-state index in [0.29, 0.717) is 11.8 Å². The van der Waals surface area contributed by atoms with Gasteiger partial charge in [-0.15, -0.1) is 0 Å². The number of rotatable bonds is 3. The number of piperidine rings is 1. The van der Waals surface area contributed by atoms with Crippen LogP contribution in [0.2, 0.25) is 0 Å². The minimum atomic E-state index is 0.469. The minimum Gasteiger partial charge on any atom is -0.381 e. The quantitative estimate of drug-likeness (QED) is 0.861. The van der Waals surface area contributed by atoms with Crippen molar-refractivity contribution in [2.45, 2.75) is 25.2 Å². The molecule has 118 valence electrons. The van der Waals surface area contributed by atoms with E-state index in [-0.39, 0.29) is 0 Å². The predicted molar refractivity (Wildman–Crippen MR) is 83.6 cm³/mol. The average molecular weight is 301 g/mol. The molecule has 0 saturated carbocycles. The molecule has 0 spiro atoms. The highest BCUT2D eigenvalue weighted by Crippen LogP contribution is 2.30. The minimum absolute atomic E-state index is 0.469. The van der Waals surface area contributed by atoms with Crippen molar-refractivity contribution in [3.8, 4) is 0 Å². The van der Waals surface area contributed by atoms with E-state index in [0.717, 1.165) is 43.2 Å². The molecular formula is C16H23N5O. The molecule has 4 rings (SSSR count). The van der Waals surface area contributed by atoms with Gasteiger partial charge >= 0.3 is 0 Å². The fraction of sp³-hybridized carbons (Fsp3) is 0.688. The van der Waals surface area contributed by atoms with Crippen molar-refractivity contribution in [2.75, 3.05) is 32.8 Å². The van der Waals surface area contributed by atoms with E-state index in [1.807, 2.05) is 11.7 Å². The summed E-state index contributed by atoms with van der Waals surface area (Å²) < 4.78 is 7.37. The third-order valence-electron chi connectivity index (χ3n) is 4.92.